The maximum Gasteiger partial charge on any atom is 0.105 e. The van der Waals surface area contributed by atoms with Crippen molar-refractivity contribution < 1.29 is 0 Å². The van der Waals surface area contributed by atoms with Crippen molar-refractivity contribution in [3.63, 3.8) is 0 Å². The molecule has 2 rings (SSSR count). The highest BCUT2D eigenvalue weighted by atomic mass is 32.2. The molecule has 1 aromatic rings. The predicted octanol–water partition coefficient (Wildman–Crippen LogP) is 2.20. The van der Waals surface area contributed by atoms with E-state index < -0.39 is 0 Å². The molecular weight excluding hydrogens is 218 g/mol. The Morgan fingerprint density at radius 1 is 1.56 bits per heavy atom. The Labute approximate surface area is 102 Å². The quantitative estimate of drug-likeness (QED) is 0.740. The molecular formula is C12H21N3S. The van der Waals surface area contributed by atoms with Gasteiger partial charge in [-0.1, -0.05) is 0 Å². The fourth-order valence-corrected chi connectivity index (χ4v) is 2.28. The number of nitrogens with zero attached hydrogens (tertiary/aromatic N) is 2. The number of imidazole rings is 1. The molecule has 0 atom stereocenters. The van der Waals surface area contributed by atoms with Crippen LogP contribution in [-0.2, 0) is 13.1 Å². The van der Waals surface area contributed by atoms with Crippen LogP contribution in [0, 0.1) is 6.92 Å². The van der Waals surface area contributed by atoms with E-state index in [0.29, 0.717) is 0 Å². The average molecular weight is 239 g/mol. The molecule has 1 N–H and O–H groups in total. The van der Waals surface area contributed by atoms with Crippen LogP contribution < -0.4 is 5.32 Å². The van der Waals surface area contributed by atoms with Gasteiger partial charge in [0, 0.05) is 25.3 Å². The van der Waals surface area contributed by atoms with E-state index in [1.165, 1.54) is 30.7 Å². The van der Waals surface area contributed by atoms with Crippen LogP contribution in [0.1, 0.15) is 30.8 Å². The fourth-order valence-electron chi connectivity index (χ4n) is 1.86. The van der Waals surface area contributed by atoms with Crippen molar-refractivity contribution in [1.29, 1.82) is 0 Å². The average Bonchev–Trinajstić information content (AvgIpc) is 3.04. The largest absolute Gasteiger partial charge is 0.331 e. The highest BCUT2D eigenvalue weighted by molar-refractivity contribution is 7.98. The fraction of sp³-hybridized carbons (Fsp3) is 0.750. The van der Waals surface area contributed by atoms with E-state index >= 15 is 0 Å². The van der Waals surface area contributed by atoms with Crippen LogP contribution in [0.5, 0.6) is 0 Å². The maximum atomic E-state index is 4.41. The van der Waals surface area contributed by atoms with Crippen LogP contribution in [0.4, 0.5) is 0 Å². The summed E-state index contributed by atoms with van der Waals surface area (Å²) in [6.45, 7) is 4.18. The minimum absolute atomic E-state index is 0.773. The number of aryl methyl sites for hydroxylation is 1. The Morgan fingerprint density at radius 2 is 2.38 bits per heavy atom. The summed E-state index contributed by atoms with van der Waals surface area (Å²) in [6.07, 6.45) is 8.11. The molecule has 0 aromatic carbocycles. The van der Waals surface area contributed by atoms with Crippen molar-refractivity contribution in [2.24, 2.45) is 0 Å². The summed E-state index contributed by atoms with van der Waals surface area (Å²) in [6, 6.07) is 0.773. The smallest absolute Gasteiger partial charge is 0.105 e. The lowest BCUT2D eigenvalue weighted by atomic mass is 10.4. The molecule has 0 bridgehead atoms. The molecule has 1 heterocycles. The maximum absolute atomic E-state index is 4.41. The first kappa shape index (κ1) is 12.0. The molecule has 3 nitrogen and oxygen atoms in total. The third kappa shape index (κ3) is 3.25. The first-order valence-electron chi connectivity index (χ1n) is 6.04. The Balaban J connectivity index is 1.88. The van der Waals surface area contributed by atoms with Crippen LogP contribution in [0.15, 0.2) is 6.20 Å². The van der Waals surface area contributed by atoms with Crippen molar-refractivity contribution in [3.8, 4) is 0 Å². The van der Waals surface area contributed by atoms with Gasteiger partial charge < -0.3 is 9.88 Å². The van der Waals surface area contributed by atoms with Crippen LogP contribution in [0.2, 0.25) is 0 Å². The van der Waals surface area contributed by atoms with Crippen LogP contribution >= 0.6 is 11.8 Å². The Hall–Kier alpha value is -0.480. The minimum Gasteiger partial charge on any atom is -0.331 e. The lowest BCUT2D eigenvalue weighted by Crippen LogP contribution is -2.18. The second kappa shape index (κ2) is 5.73. The van der Waals surface area contributed by atoms with Crippen molar-refractivity contribution in [1.82, 2.24) is 14.9 Å². The van der Waals surface area contributed by atoms with Crippen LogP contribution in [0.3, 0.4) is 0 Å². The zero-order valence-corrected chi connectivity index (χ0v) is 11.0. The van der Waals surface area contributed by atoms with Crippen LogP contribution in [0.25, 0.3) is 0 Å². The molecule has 1 saturated carbocycles. The number of hydrogen-bond acceptors (Lipinski definition) is 3. The van der Waals surface area contributed by atoms with Crippen molar-refractivity contribution in [2.45, 2.75) is 45.3 Å². The zero-order valence-electron chi connectivity index (χ0n) is 10.2. The molecule has 1 aliphatic rings. The van der Waals surface area contributed by atoms with E-state index in [9.17, 15) is 0 Å². The molecule has 0 spiro atoms. The molecule has 4 heteroatoms. The van der Waals surface area contributed by atoms with Gasteiger partial charge in [-0.25, -0.2) is 4.98 Å². The molecule has 0 amide bonds. The van der Waals surface area contributed by atoms with E-state index in [4.69, 9.17) is 0 Å². The predicted molar refractivity (Wildman–Crippen MR) is 69.8 cm³/mol. The van der Waals surface area contributed by atoms with E-state index in [2.05, 4.69) is 28.0 Å². The second-order valence-corrected chi connectivity index (χ2v) is 5.44. The molecule has 1 aromatic heterocycles. The first-order valence-corrected chi connectivity index (χ1v) is 7.44. The Morgan fingerprint density at radius 3 is 3.06 bits per heavy atom. The van der Waals surface area contributed by atoms with Gasteiger partial charge in [0.2, 0.25) is 0 Å². The number of aromatic nitrogens is 2. The van der Waals surface area contributed by atoms with Crippen molar-refractivity contribution in [3.05, 3.63) is 17.7 Å². The summed E-state index contributed by atoms with van der Waals surface area (Å²) in [4.78, 5) is 4.41. The van der Waals surface area contributed by atoms with Gasteiger partial charge in [0.1, 0.15) is 5.82 Å². The Bertz CT molecular complexity index is 331. The number of nitrogens with one attached hydrogen (secondary N) is 1. The summed E-state index contributed by atoms with van der Waals surface area (Å²) < 4.78 is 2.35. The molecule has 1 fully saturated rings. The number of thioether (sulfide) groups is 1. The Kier molecular flexibility index (Phi) is 4.29. The molecule has 0 radical (unpaired) electrons. The summed E-state index contributed by atoms with van der Waals surface area (Å²) in [5.41, 5.74) is 1.34. The van der Waals surface area contributed by atoms with Gasteiger partial charge in [0.15, 0.2) is 0 Å². The summed E-state index contributed by atoms with van der Waals surface area (Å²) >= 11 is 1.91. The third-order valence-electron chi connectivity index (χ3n) is 3.02. The standard InChI is InChI=1S/C12H21N3S/c1-10-13-8-12(9-14-11-4-5-11)15(10)6-3-7-16-2/h8,11,14H,3-7,9H2,1-2H3. The van der Waals surface area contributed by atoms with E-state index in [1.54, 1.807) is 0 Å². The van der Waals surface area contributed by atoms with Crippen molar-refractivity contribution >= 4 is 11.8 Å². The number of hydrogen-bond donors (Lipinski definition) is 1. The lowest BCUT2D eigenvalue weighted by molar-refractivity contribution is 0.591. The summed E-state index contributed by atoms with van der Waals surface area (Å²) in [5.74, 6) is 2.38. The molecule has 0 saturated heterocycles. The molecule has 90 valence electrons. The van der Waals surface area contributed by atoms with E-state index in [0.717, 1.165) is 25.0 Å². The van der Waals surface area contributed by atoms with E-state index in [1.807, 2.05) is 18.0 Å². The number of rotatable bonds is 7. The van der Waals surface area contributed by atoms with Gasteiger partial charge in [-0.3, -0.25) is 0 Å². The molecule has 0 aliphatic heterocycles. The highest BCUT2D eigenvalue weighted by Gasteiger charge is 2.20. The SMILES string of the molecule is CSCCCn1c(CNC2CC2)cnc1C. The topological polar surface area (TPSA) is 29.9 Å². The lowest BCUT2D eigenvalue weighted by Gasteiger charge is -2.10. The summed E-state index contributed by atoms with van der Waals surface area (Å²) in [7, 11) is 0. The first-order chi connectivity index (χ1) is 7.81. The van der Waals surface area contributed by atoms with Gasteiger partial charge in [0.05, 0.1) is 5.69 Å². The highest BCUT2D eigenvalue weighted by Crippen LogP contribution is 2.19. The van der Waals surface area contributed by atoms with Gasteiger partial charge in [-0.15, -0.1) is 0 Å². The van der Waals surface area contributed by atoms with Gasteiger partial charge in [-0.2, -0.15) is 11.8 Å². The second-order valence-electron chi connectivity index (χ2n) is 4.45. The van der Waals surface area contributed by atoms with Crippen molar-refractivity contribution in [2.75, 3.05) is 12.0 Å². The molecule has 1 aliphatic carbocycles. The summed E-state index contributed by atoms with van der Waals surface area (Å²) in [5, 5.41) is 3.55. The van der Waals surface area contributed by atoms with Crippen LogP contribution in [-0.4, -0.2) is 27.6 Å². The monoisotopic (exact) mass is 239 g/mol. The normalized spacial score (nSPS) is 15.6. The zero-order chi connectivity index (χ0) is 11.4. The third-order valence-corrected chi connectivity index (χ3v) is 3.71. The van der Waals surface area contributed by atoms with Gasteiger partial charge in [-0.05, 0) is 38.2 Å². The van der Waals surface area contributed by atoms with E-state index in [-0.39, 0.29) is 0 Å². The minimum atomic E-state index is 0.773. The molecule has 16 heavy (non-hydrogen) atoms. The molecule has 0 unspecified atom stereocenters. The van der Waals surface area contributed by atoms with Gasteiger partial charge in [0.25, 0.3) is 0 Å². The van der Waals surface area contributed by atoms with Gasteiger partial charge >= 0.3 is 0 Å².